The number of hydrogen-bond acceptors (Lipinski definition) is 3. The molecular weight excluding hydrogens is 342 g/mol. The number of alkyl halides is 3. The molecule has 0 aliphatic rings. The highest BCUT2D eigenvalue weighted by molar-refractivity contribution is 5.97. The van der Waals surface area contributed by atoms with Crippen LogP contribution >= 0.6 is 0 Å². The first-order chi connectivity index (χ1) is 11.7. The Bertz CT molecular complexity index is 789. The zero-order chi connectivity index (χ0) is 18.6. The first-order valence-electron chi connectivity index (χ1n) is 7.12. The van der Waals surface area contributed by atoms with Gasteiger partial charge in [0.2, 0.25) is 0 Å². The number of carbonyl (C=O) groups is 2. The Hall–Kier alpha value is -2.90. The Balaban J connectivity index is 2.04. The minimum atomic E-state index is -4.55. The molecule has 0 aliphatic carbocycles. The minimum Gasteiger partial charge on any atom is -0.449 e. The Labute approximate surface area is 140 Å². The van der Waals surface area contributed by atoms with Crippen molar-refractivity contribution in [1.29, 1.82) is 0 Å². The molecule has 0 spiro atoms. The van der Waals surface area contributed by atoms with Gasteiger partial charge in [-0.05, 0) is 37.3 Å². The summed E-state index contributed by atoms with van der Waals surface area (Å²) in [4.78, 5) is 23.8. The lowest BCUT2D eigenvalue weighted by Crippen LogP contribution is -2.30. The number of halogens is 4. The Morgan fingerprint density at radius 2 is 1.76 bits per heavy atom. The second kappa shape index (κ2) is 7.33. The average Bonchev–Trinajstić information content (AvgIpc) is 2.54. The van der Waals surface area contributed by atoms with Crippen LogP contribution in [0.4, 0.5) is 23.2 Å². The molecule has 25 heavy (non-hydrogen) atoms. The van der Waals surface area contributed by atoms with Crippen molar-refractivity contribution in [1.82, 2.24) is 0 Å². The number of rotatable bonds is 4. The van der Waals surface area contributed by atoms with Crippen molar-refractivity contribution in [2.24, 2.45) is 0 Å². The van der Waals surface area contributed by atoms with Crippen LogP contribution in [0.1, 0.15) is 22.8 Å². The van der Waals surface area contributed by atoms with Crippen molar-refractivity contribution in [2.45, 2.75) is 19.2 Å². The van der Waals surface area contributed by atoms with E-state index in [2.05, 4.69) is 5.32 Å². The van der Waals surface area contributed by atoms with Crippen LogP contribution in [0.3, 0.4) is 0 Å². The molecule has 0 saturated heterocycles. The normalized spacial score (nSPS) is 12.4. The topological polar surface area (TPSA) is 55.4 Å². The number of amides is 1. The highest BCUT2D eigenvalue weighted by Crippen LogP contribution is 2.30. The predicted octanol–water partition coefficient (Wildman–Crippen LogP) is 4.03. The molecule has 2 aromatic carbocycles. The van der Waals surface area contributed by atoms with Gasteiger partial charge in [0.25, 0.3) is 5.91 Å². The van der Waals surface area contributed by atoms with E-state index in [0.29, 0.717) is 0 Å². The van der Waals surface area contributed by atoms with Crippen LogP contribution in [0, 0.1) is 5.82 Å². The zero-order valence-electron chi connectivity index (χ0n) is 12.9. The molecule has 0 aromatic heterocycles. The third-order valence-corrected chi connectivity index (χ3v) is 3.20. The standard InChI is InChI=1S/C17H13F4NO3/c1-10(25-16(24)13-7-2-3-8-14(13)18)15(23)22-12-6-4-5-11(9-12)17(19,20)21/h2-10H,1H3,(H,22,23)/t10-/m0/s1. The number of anilines is 1. The summed E-state index contributed by atoms with van der Waals surface area (Å²) < 4.78 is 56.3. The van der Waals surface area contributed by atoms with Crippen LogP contribution in [0.5, 0.6) is 0 Å². The molecule has 8 heteroatoms. The predicted molar refractivity (Wildman–Crippen MR) is 81.4 cm³/mol. The molecule has 0 aliphatic heterocycles. The fraction of sp³-hybridized carbons (Fsp3) is 0.176. The van der Waals surface area contributed by atoms with Crippen molar-refractivity contribution in [3.05, 3.63) is 65.5 Å². The highest BCUT2D eigenvalue weighted by atomic mass is 19.4. The van der Waals surface area contributed by atoms with Crippen molar-refractivity contribution in [3.8, 4) is 0 Å². The summed E-state index contributed by atoms with van der Waals surface area (Å²) in [5.41, 5.74) is -1.38. The molecule has 0 unspecified atom stereocenters. The largest absolute Gasteiger partial charge is 0.449 e. The average molecular weight is 355 g/mol. The third-order valence-electron chi connectivity index (χ3n) is 3.20. The van der Waals surface area contributed by atoms with E-state index in [1.54, 1.807) is 0 Å². The number of ether oxygens (including phenoxy) is 1. The smallest absolute Gasteiger partial charge is 0.416 e. The van der Waals surface area contributed by atoms with Gasteiger partial charge in [-0.15, -0.1) is 0 Å². The first-order valence-corrected chi connectivity index (χ1v) is 7.12. The van der Waals surface area contributed by atoms with E-state index in [1.807, 2.05) is 0 Å². The van der Waals surface area contributed by atoms with Crippen molar-refractivity contribution in [3.63, 3.8) is 0 Å². The zero-order valence-corrected chi connectivity index (χ0v) is 12.9. The molecule has 2 rings (SSSR count). The van der Waals surface area contributed by atoms with E-state index in [4.69, 9.17) is 4.74 Å². The summed E-state index contributed by atoms with van der Waals surface area (Å²) >= 11 is 0. The summed E-state index contributed by atoms with van der Waals surface area (Å²) in [7, 11) is 0. The summed E-state index contributed by atoms with van der Waals surface area (Å²) in [5.74, 6) is -2.70. The molecule has 4 nitrogen and oxygen atoms in total. The second-order valence-corrected chi connectivity index (χ2v) is 5.10. The molecule has 0 fully saturated rings. The van der Waals surface area contributed by atoms with E-state index in [-0.39, 0.29) is 11.3 Å². The summed E-state index contributed by atoms with van der Waals surface area (Å²) in [6, 6.07) is 9.07. The van der Waals surface area contributed by atoms with Gasteiger partial charge in [0.1, 0.15) is 5.82 Å². The van der Waals surface area contributed by atoms with Crippen LogP contribution in [-0.2, 0) is 15.7 Å². The van der Waals surface area contributed by atoms with Gasteiger partial charge in [-0.2, -0.15) is 13.2 Å². The second-order valence-electron chi connectivity index (χ2n) is 5.10. The highest BCUT2D eigenvalue weighted by Gasteiger charge is 2.30. The van der Waals surface area contributed by atoms with Gasteiger partial charge < -0.3 is 10.1 Å². The first kappa shape index (κ1) is 18.4. The SMILES string of the molecule is C[C@H](OC(=O)c1ccccc1F)C(=O)Nc1cccc(C(F)(F)F)c1. The number of benzene rings is 2. The molecule has 2 aromatic rings. The van der Waals surface area contributed by atoms with Gasteiger partial charge in [0.05, 0.1) is 11.1 Å². The van der Waals surface area contributed by atoms with Crippen molar-refractivity contribution >= 4 is 17.6 Å². The maximum absolute atomic E-state index is 13.5. The number of carbonyl (C=O) groups excluding carboxylic acids is 2. The maximum atomic E-state index is 13.5. The summed E-state index contributed by atoms with van der Waals surface area (Å²) in [6.07, 6.45) is -5.88. The molecule has 1 atom stereocenters. The van der Waals surface area contributed by atoms with Gasteiger partial charge in [-0.1, -0.05) is 18.2 Å². The van der Waals surface area contributed by atoms with E-state index >= 15 is 0 Å². The van der Waals surface area contributed by atoms with Gasteiger partial charge in [-0.3, -0.25) is 4.79 Å². The molecule has 1 amide bonds. The Morgan fingerprint density at radius 1 is 1.08 bits per heavy atom. The number of hydrogen-bond donors (Lipinski definition) is 1. The fourth-order valence-corrected chi connectivity index (χ4v) is 1.92. The minimum absolute atomic E-state index is 0.103. The maximum Gasteiger partial charge on any atom is 0.416 e. The summed E-state index contributed by atoms with van der Waals surface area (Å²) in [5, 5.41) is 2.22. The lowest BCUT2D eigenvalue weighted by molar-refractivity contribution is -0.137. The van der Waals surface area contributed by atoms with Crippen LogP contribution in [-0.4, -0.2) is 18.0 Å². The molecule has 1 N–H and O–H groups in total. The fourth-order valence-electron chi connectivity index (χ4n) is 1.92. The van der Waals surface area contributed by atoms with Crippen LogP contribution in [0.2, 0.25) is 0 Å². The third kappa shape index (κ3) is 4.79. The van der Waals surface area contributed by atoms with E-state index in [9.17, 15) is 27.2 Å². The van der Waals surface area contributed by atoms with Crippen molar-refractivity contribution < 1.29 is 31.9 Å². The van der Waals surface area contributed by atoms with Crippen LogP contribution in [0.15, 0.2) is 48.5 Å². The van der Waals surface area contributed by atoms with Gasteiger partial charge >= 0.3 is 12.1 Å². The monoisotopic (exact) mass is 355 g/mol. The van der Waals surface area contributed by atoms with Gasteiger partial charge in [0.15, 0.2) is 6.10 Å². The molecule has 0 saturated carbocycles. The molecule has 0 bridgehead atoms. The number of esters is 1. The lowest BCUT2D eigenvalue weighted by Gasteiger charge is -2.14. The number of nitrogens with one attached hydrogen (secondary N) is 1. The molecule has 132 valence electrons. The van der Waals surface area contributed by atoms with Gasteiger partial charge in [0, 0.05) is 5.69 Å². The molecule has 0 heterocycles. The lowest BCUT2D eigenvalue weighted by atomic mass is 10.2. The molecule has 0 radical (unpaired) electrons. The van der Waals surface area contributed by atoms with E-state index in [0.717, 1.165) is 24.3 Å². The van der Waals surface area contributed by atoms with E-state index in [1.165, 1.54) is 31.2 Å². The Kier molecular flexibility index (Phi) is 5.41. The van der Waals surface area contributed by atoms with Crippen LogP contribution < -0.4 is 5.32 Å². The van der Waals surface area contributed by atoms with Crippen LogP contribution in [0.25, 0.3) is 0 Å². The van der Waals surface area contributed by atoms with Crippen molar-refractivity contribution in [2.75, 3.05) is 5.32 Å². The quantitative estimate of drug-likeness (QED) is 0.666. The summed E-state index contributed by atoms with van der Waals surface area (Å²) in [6.45, 7) is 1.22. The molecular formula is C17H13F4NO3. The Morgan fingerprint density at radius 3 is 2.40 bits per heavy atom. The van der Waals surface area contributed by atoms with E-state index < -0.39 is 35.5 Å². The van der Waals surface area contributed by atoms with Gasteiger partial charge in [-0.25, -0.2) is 9.18 Å².